The third-order valence-electron chi connectivity index (χ3n) is 6.09. The summed E-state index contributed by atoms with van der Waals surface area (Å²) in [5.41, 5.74) is 5.65. The predicted octanol–water partition coefficient (Wildman–Crippen LogP) is 5.53. The third-order valence-corrected chi connectivity index (χ3v) is 6.09. The van der Waals surface area contributed by atoms with Crippen molar-refractivity contribution < 1.29 is 19.1 Å². The molecule has 0 radical (unpaired) electrons. The van der Waals surface area contributed by atoms with Gasteiger partial charge in [0, 0.05) is 35.8 Å². The molecule has 11 heteroatoms. The number of nitro groups is 2. The first-order chi connectivity index (χ1) is 17.2. The van der Waals surface area contributed by atoms with Crippen LogP contribution in [-0.2, 0) is 6.42 Å². The number of carbonyl (C=O) groups excluding carboxylic acids is 1. The molecule has 186 valence electrons. The number of furan rings is 1. The fourth-order valence-corrected chi connectivity index (χ4v) is 4.35. The first-order valence-electron chi connectivity index (χ1n) is 11.5. The lowest BCUT2D eigenvalue weighted by Crippen LogP contribution is -2.30. The van der Waals surface area contributed by atoms with Crippen LogP contribution in [0.4, 0.5) is 22.7 Å². The molecule has 1 heterocycles. The summed E-state index contributed by atoms with van der Waals surface area (Å²) in [5, 5.41) is 26.8. The second-order valence-electron chi connectivity index (χ2n) is 8.48. The highest BCUT2D eigenvalue weighted by Crippen LogP contribution is 2.33. The van der Waals surface area contributed by atoms with Gasteiger partial charge in [0.1, 0.15) is 11.4 Å². The standard InChI is InChI=1S/C25H25N5O6/c1-4-28(17-8-5-7-15(2)13-17)25(31)24-16(3)23-20(9-6-10-22(23)36-24)27-26-19-12-11-18(29(32)33)14-21(19)30(34)35/h5,7-8,11-14,26H,4,6,9-10H2,1-3H3/b27-20+. The molecule has 0 spiro atoms. The molecular weight excluding hydrogens is 466 g/mol. The number of hydrazone groups is 1. The van der Waals surface area contributed by atoms with E-state index in [0.29, 0.717) is 42.0 Å². The van der Waals surface area contributed by atoms with Crippen molar-refractivity contribution in [3.8, 4) is 0 Å². The highest BCUT2D eigenvalue weighted by Gasteiger charge is 2.30. The Morgan fingerprint density at radius 3 is 2.56 bits per heavy atom. The topological polar surface area (TPSA) is 144 Å². The third kappa shape index (κ3) is 4.67. The summed E-state index contributed by atoms with van der Waals surface area (Å²) >= 11 is 0. The van der Waals surface area contributed by atoms with Crippen molar-refractivity contribution in [1.82, 2.24) is 0 Å². The Balaban J connectivity index is 1.67. The van der Waals surface area contributed by atoms with Gasteiger partial charge in [-0.15, -0.1) is 0 Å². The molecule has 3 aromatic rings. The monoisotopic (exact) mass is 491 g/mol. The summed E-state index contributed by atoms with van der Waals surface area (Å²) < 4.78 is 6.04. The summed E-state index contributed by atoms with van der Waals surface area (Å²) in [4.78, 5) is 36.2. The fraction of sp³-hybridized carbons (Fsp3) is 0.280. The Morgan fingerprint density at radius 2 is 1.89 bits per heavy atom. The van der Waals surface area contributed by atoms with Crippen molar-refractivity contribution in [2.24, 2.45) is 5.10 Å². The molecule has 0 atom stereocenters. The average Bonchev–Trinajstić information content (AvgIpc) is 3.20. The minimum atomic E-state index is -0.702. The van der Waals surface area contributed by atoms with Crippen LogP contribution in [0.2, 0.25) is 0 Å². The molecule has 36 heavy (non-hydrogen) atoms. The molecule has 0 unspecified atom stereocenters. The van der Waals surface area contributed by atoms with Crippen molar-refractivity contribution in [3.05, 3.63) is 90.9 Å². The van der Waals surface area contributed by atoms with Gasteiger partial charge in [-0.3, -0.25) is 30.4 Å². The van der Waals surface area contributed by atoms with Crippen molar-refractivity contribution in [2.75, 3.05) is 16.9 Å². The Kier molecular flexibility index (Phi) is 6.82. The molecule has 1 aliphatic rings. The Labute approximate surface area is 206 Å². The van der Waals surface area contributed by atoms with Crippen molar-refractivity contribution in [1.29, 1.82) is 0 Å². The largest absolute Gasteiger partial charge is 0.455 e. The van der Waals surface area contributed by atoms with Crippen LogP contribution in [-0.4, -0.2) is 28.0 Å². The molecule has 11 nitrogen and oxygen atoms in total. The molecule has 0 fully saturated rings. The number of hydrogen-bond donors (Lipinski definition) is 1. The van der Waals surface area contributed by atoms with Crippen LogP contribution in [0.3, 0.4) is 0 Å². The molecule has 0 aliphatic heterocycles. The number of carbonyl (C=O) groups is 1. The molecule has 0 bridgehead atoms. The van der Waals surface area contributed by atoms with E-state index in [1.165, 1.54) is 12.1 Å². The molecule has 0 saturated carbocycles. The number of non-ortho nitro benzene ring substituents is 1. The summed E-state index contributed by atoms with van der Waals surface area (Å²) in [6.07, 6.45) is 1.94. The Morgan fingerprint density at radius 1 is 1.11 bits per heavy atom. The van der Waals surface area contributed by atoms with E-state index in [-0.39, 0.29) is 23.0 Å². The molecule has 1 aromatic heterocycles. The quantitative estimate of drug-likeness (QED) is 0.338. The fourth-order valence-electron chi connectivity index (χ4n) is 4.35. The smallest absolute Gasteiger partial charge is 0.301 e. The number of nitrogens with one attached hydrogen (secondary N) is 1. The predicted molar refractivity (Wildman–Crippen MR) is 135 cm³/mol. The number of fused-ring (bicyclic) bond motifs is 1. The van der Waals surface area contributed by atoms with Gasteiger partial charge in [-0.2, -0.15) is 5.10 Å². The van der Waals surface area contributed by atoms with Crippen LogP contribution in [0.25, 0.3) is 0 Å². The molecule has 1 amide bonds. The van der Waals surface area contributed by atoms with E-state index in [0.717, 1.165) is 23.7 Å². The molecule has 1 aliphatic carbocycles. The number of nitrogens with zero attached hydrogens (tertiary/aromatic N) is 4. The van der Waals surface area contributed by atoms with E-state index in [9.17, 15) is 25.0 Å². The van der Waals surface area contributed by atoms with E-state index >= 15 is 0 Å². The first kappa shape index (κ1) is 24.6. The van der Waals surface area contributed by atoms with Gasteiger partial charge in [0.15, 0.2) is 5.76 Å². The molecular formula is C25H25N5O6. The van der Waals surface area contributed by atoms with E-state index in [1.807, 2.05) is 38.1 Å². The number of hydrogen-bond acceptors (Lipinski definition) is 8. The number of amides is 1. The van der Waals surface area contributed by atoms with Gasteiger partial charge < -0.3 is 9.32 Å². The van der Waals surface area contributed by atoms with Gasteiger partial charge >= 0.3 is 5.69 Å². The maximum absolute atomic E-state index is 13.5. The summed E-state index contributed by atoms with van der Waals surface area (Å²) in [6.45, 7) is 6.12. The normalized spacial score (nSPS) is 13.8. The number of anilines is 2. The number of aryl methyl sites for hydroxylation is 2. The Hall–Kier alpha value is -4.54. The summed E-state index contributed by atoms with van der Waals surface area (Å²) in [5.74, 6) is 0.619. The SMILES string of the molecule is CCN(C(=O)c1oc2c(c1C)/C(=N/Nc1ccc([N+](=O)[O-])cc1[N+](=O)[O-])CCC2)c1cccc(C)c1. The van der Waals surface area contributed by atoms with Crippen LogP contribution < -0.4 is 10.3 Å². The maximum Gasteiger partial charge on any atom is 0.301 e. The van der Waals surface area contributed by atoms with E-state index in [1.54, 1.807) is 11.8 Å². The maximum atomic E-state index is 13.5. The second kappa shape index (κ2) is 9.98. The number of nitro benzene ring substituents is 2. The zero-order chi connectivity index (χ0) is 26.0. The average molecular weight is 492 g/mol. The van der Waals surface area contributed by atoms with Crippen molar-refractivity contribution >= 4 is 34.4 Å². The van der Waals surface area contributed by atoms with Gasteiger partial charge in [0.05, 0.1) is 21.6 Å². The number of rotatable bonds is 7. The van der Waals surface area contributed by atoms with Crippen LogP contribution in [0, 0.1) is 34.1 Å². The van der Waals surface area contributed by atoms with Crippen molar-refractivity contribution in [3.63, 3.8) is 0 Å². The first-order valence-corrected chi connectivity index (χ1v) is 11.5. The van der Waals surface area contributed by atoms with Gasteiger partial charge in [-0.1, -0.05) is 12.1 Å². The minimum absolute atomic E-state index is 0.0271. The van der Waals surface area contributed by atoms with Crippen molar-refractivity contribution in [2.45, 2.75) is 40.0 Å². The van der Waals surface area contributed by atoms with Gasteiger partial charge in [-0.25, -0.2) is 0 Å². The van der Waals surface area contributed by atoms with Gasteiger partial charge in [0.2, 0.25) is 0 Å². The minimum Gasteiger partial charge on any atom is -0.455 e. The van der Waals surface area contributed by atoms with Gasteiger partial charge in [-0.05, 0) is 57.4 Å². The zero-order valence-electron chi connectivity index (χ0n) is 20.1. The highest BCUT2D eigenvalue weighted by atomic mass is 16.6. The van der Waals surface area contributed by atoms with Crippen LogP contribution >= 0.6 is 0 Å². The summed E-state index contributed by atoms with van der Waals surface area (Å²) in [7, 11) is 0. The van der Waals surface area contributed by atoms with E-state index < -0.39 is 15.5 Å². The van der Waals surface area contributed by atoms with Crippen LogP contribution in [0.1, 0.15) is 52.8 Å². The Bertz CT molecular complexity index is 1390. The molecule has 4 rings (SSSR count). The van der Waals surface area contributed by atoms with E-state index in [2.05, 4.69) is 10.5 Å². The lowest BCUT2D eigenvalue weighted by Gasteiger charge is -2.20. The summed E-state index contributed by atoms with van der Waals surface area (Å²) in [6, 6.07) is 11.0. The second-order valence-corrected chi connectivity index (χ2v) is 8.48. The molecule has 1 N–H and O–H groups in total. The van der Waals surface area contributed by atoms with Crippen LogP contribution in [0.15, 0.2) is 52.0 Å². The molecule has 0 saturated heterocycles. The van der Waals surface area contributed by atoms with E-state index in [4.69, 9.17) is 4.42 Å². The zero-order valence-corrected chi connectivity index (χ0v) is 20.1. The number of benzene rings is 2. The lowest BCUT2D eigenvalue weighted by atomic mass is 9.93. The molecule has 2 aromatic carbocycles. The van der Waals surface area contributed by atoms with Crippen LogP contribution in [0.5, 0.6) is 0 Å². The van der Waals surface area contributed by atoms with Gasteiger partial charge in [0.25, 0.3) is 11.6 Å². The lowest BCUT2D eigenvalue weighted by molar-refractivity contribution is -0.393. The highest BCUT2D eigenvalue weighted by molar-refractivity contribution is 6.10.